The molecule has 1 aromatic rings. The number of unbranched alkanes of at least 4 members (excludes halogenated alkanes) is 2. The minimum atomic E-state index is 0.0847. The van der Waals surface area contributed by atoms with E-state index in [0.717, 1.165) is 24.1 Å². The number of nitrogens with one attached hydrogen (secondary N) is 1. The zero-order valence-electron chi connectivity index (χ0n) is 8.74. The van der Waals surface area contributed by atoms with Crippen molar-refractivity contribution >= 4 is 17.2 Å². The highest BCUT2D eigenvalue weighted by molar-refractivity contribution is 7.10. The molecule has 1 aromatic heterocycles. The average Bonchev–Trinajstić information content (AvgIpc) is 2.70. The number of hydrogen-bond donors (Lipinski definition) is 2. The first-order valence-electron chi connectivity index (χ1n) is 5.23. The van der Waals surface area contributed by atoms with Crippen LogP contribution in [0.15, 0.2) is 17.5 Å². The van der Waals surface area contributed by atoms with Crippen molar-refractivity contribution in [1.82, 2.24) is 5.32 Å². The SMILES string of the molecule is O=C(Cc1cccs1)NCCCCCO. The Morgan fingerprint density at radius 1 is 1.40 bits per heavy atom. The molecular weight excluding hydrogens is 210 g/mol. The Bertz CT molecular complexity index is 272. The molecule has 0 saturated carbocycles. The lowest BCUT2D eigenvalue weighted by Gasteiger charge is -2.03. The number of amides is 1. The normalized spacial score (nSPS) is 10.2. The van der Waals surface area contributed by atoms with Gasteiger partial charge in [-0.3, -0.25) is 4.79 Å². The summed E-state index contributed by atoms with van der Waals surface area (Å²) in [6.07, 6.45) is 3.21. The predicted molar refractivity (Wildman–Crippen MR) is 62.0 cm³/mol. The molecule has 1 heterocycles. The average molecular weight is 227 g/mol. The molecule has 0 radical (unpaired) electrons. The number of carbonyl (C=O) groups is 1. The number of aliphatic hydroxyl groups excluding tert-OH is 1. The van der Waals surface area contributed by atoms with Gasteiger partial charge in [0.15, 0.2) is 0 Å². The monoisotopic (exact) mass is 227 g/mol. The minimum Gasteiger partial charge on any atom is -0.396 e. The Hall–Kier alpha value is -0.870. The molecule has 0 spiro atoms. The maximum absolute atomic E-state index is 11.4. The smallest absolute Gasteiger partial charge is 0.225 e. The molecule has 84 valence electrons. The summed E-state index contributed by atoms with van der Waals surface area (Å²) in [5.41, 5.74) is 0. The van der Waals surface area contributed by atoms with E-state index in [1.807, 2.05) is 17.5 Å². The predicted octanol–water partition coefficient (Wildman–Crippen LogP) is 1.57. The summed E-state index contributed by atoms with van der Waals surface area (Å²) in [6.45, 7) is 0.952. The first-order valence-corrected chi connectivity index (χ1v) is 6.11. The molecule has 2 N–H and O–H groups in total. The highest BCUT2D eigenvalue weighted by atomic mass is 32.1. The minimum absolute atomic E-state index is 0.0847. The largest absolute Gasteiger partial charge is 0.396 e. The van der Waals surface area contributed by atoms with Crippen LogP contribution in [0.4, 0.5) is 0 Å². The van der Waals surface area contributed by atoms with E-state index in [2.05, 4.69) is 5.32 Å². The first kappa shape index (κ1) is 12.2. The third-order valence-electron chi connectivity index (χ3n) is 2.07. The van der Waals surface area contributed by atoms with Crippen molar-refractivity contribution in [2.24, 2.45) is 0 Å². The van der Waals surface area contributed by atoms with Crippen LogP contribution < -0.4 is 5.32 Å². The zero-order valence-corrected chi connectivity index (χ0v) is 9.55. The molecule has 0 unspecified atom stereocenters. The van der Waals surface area contributed by atoms with E-state index in [0.29, 0.717) is 13.0 Å². The summed E-state index contributed by atoms with van der Waals surface area (Å²) < 4.78 is 0. The van der Waals surface area contributed by atoms with E-state index in [4.69, 9.17) is 5.11 Å². The molecule has 0 aliphatic heterocycles. The molecule has 0 fully saturated rings. The van der Waals surface area contributed by atoms with Gasteiger partial charge in [-0.05, 0) is 30.7 Å². The van der Waals surface area contributed by atoms with E-state index >= 15 is 0 Å². The van der Waals surface area contributed by atoms with Gasteiger partial charge in [-0.15, -0.1) is 11.3 Å². The van der Waals surface area contributed by atoms with Crippen molar-refractivity contribution in [3.05, 3.63) is 22.4 Å². The second-order valence-electron chi connectivity index (χ2n) is 3.39. The lowest BCUT2D eigenvalue weighted by molar-refractivity contribution is -0.120. The van der Waals surface area contributed by atoms with Crippen LogP contribution in [0.25, 0.3) is 0 Å². The lowest BCUT2D eigenvalue weighted by Crippen LogP contribution is -2.25. The van der Waals surface area contributed by atoms with Gasteiger partial charge in [0.25, 0.3) is 0 Å². The van der Waals surface area contributed by atoms with Crippen molar-refractivity contribution < 1.29 is 9.90 Å². The van der Waals surface area contributed by atoms with E-state index in [9.17, 15) is 4.79 Å². The standard InChI is InChI=1S/C11H17NO2S/c13-7-3-1-2-6-12-11(14)9-10-5-4-8-15-10/h4-5,8,13H,1-3,6-7,9H2,(H,12,14). The maximum atomic E-state index is 11.4. The van der Waals surface area contributed by atoms with Crippen LogP contribution in [-0.2, 0) is 11.2 Å². The van der Waals surface area contributed by atoms with Gasteiger partial charge in [-0.25, -0.2) is 0 Å². The summed E-state index contributed by atoms with van der Waals surface area (Å²) >= 11 is 1.60. The number of thiophene rings is 1. The fraction of sp³-hybridized carbons (Fsp3) is 0.545. The van der Waals surface area contributed by atoms with Crippen molar-refractivity contribution in [3.8, 4) is 0 Å². The van der Waals surface area contributed by atoms with Gasteiger partial charge in [0, 0.05) is 18.0 Å². The van der Waals surface area contributed by atoms with Crippen molar-refractivity contribution in [3.63, 3.8) is 0 Å². The molecule has 1 rings (SSSR count). The van der Waals surface area contributed by atoms with E-state index in [1.54, 1.807) is 11.3 Å². The highest BCUT2D eigenvalue weighted by Crippen LogP contribution is 2.08. The van der Waals surface area contributed by atoms with Gasteiger partial charge >= 0.3 is 0 Å². The Morgan fingerprint density at radius 2 is 2.27 bits per heavy atom. The molecule has 0 bridgehead atoms. The van der Waals surface area contributed by atoms with E-state index < -0.39 is 0 Å². The van der Waals surface area contributed by atoms with Gasteiger partial charge < -0.3 is 10.4 Å². The molecular formula is C11H17NO2S. The van der Waals surface area contributed by atoms with Crippen LogP contribution in [0.3, 0.4) is 0 Å². The van der Waals surface area contributed by atoms with Crippen LogP contribution in [0, 0.1) is 0 Å². The second-order valence-corrected chi connectivity index (χ2v) is 4.42. The number of hydrogen-bond acceptors (Lipinski definition) is 3. The molecule has 1 amide bonds. The van der Waals surface area contributed by atoms with E-state index in [-0.39, 0.29) is 12.5 Å². The zero-order chi connectivity index (χ0) is 10.9. The molecule has 0 aromatic carbocycles. The first-order chi connectivity index (χ1) is 7.33. The Balaban J connectivity index is 2.04. The molecule has 4 heteroatoms. The lowest BCUT2D eigenvalue weighted by atomic mass is 10.2. The Morgan fingerprint density at radius 3 is 2.93 bits per heavy atom. The quantitative estimate of drug-likeness (QED) is 0.695. The third-order valence-corrected chi connectivity index (χ3v) is 2.95. The Labute approximate surface area is 94.1 Å². The van der Waals surface area contributed by atoms with Crippen molar-refractivity contribution in [2.45, 2.75) is 25.7 Å². The topological polar surface area (TPSA) is 49.3 Å². The molecule has 0 atom stereocenters. The highest BCUT2D eigenvalue weighted by Gasteiger charge is 2.02. The third kappa shape index (κ3) is 5.54. The number of carbonyl (C=O) groups excluding carboxylic acids is 1. The van der Waals surface area contributed by atoms with Crippen molar-refractivity contribution in [1.29, 1.82) is 0 Å². The molecule has 15 heavy (non-hydrogen) atoms. The summed E-state index contributed by atoms with van der Waals surface area (Å²) in [7, 11) is 0. The summed E-state index contributed by atoms with van der Waals surface area (Å²) in [4.78, 5) is 12.5. The van der Waals surface area contributed by atoms with Crippen LogP contribution in [0.1, 0.15) is 24.1 Å². The van der Waals surface area contributed by atoms with Crippen LogP contribution >= 0.6 is 11.3 Å². The van der Waals surface area contributed by atoms with Crippen LogP contribution in [-0.4, -0.2) is 24.2 Å². The summed E-state index contributed by atoms with van der Waals surface area (Å²) in [6, 6.07) is 3.92. The van der Waals surface area contributed by atoms with Gasteiger partial charge in [0.2, 0.25) is 5.91 Å². The number of aliphatic hydroxyl groups is 1. The van der Waals surface area contributed by atoms with Gasteiger partial charge in [-0.1, -0.05) is 6.07 Å². The molecule has 0 aliphatic rings. The Kier molecular flexibility index (Phi) is 6.04. The molecule has 0 saturated heterocycles. The summed E-state index contributed by atoms with van der Waals surface area (Å²) in [5, 5.41) is 13.4. The van der Waals surface area contributed by atoms with Gasteiger partial charge in [-0.2, -0.15) is 0 Å². The van der Waals surface area contributed by atoms with Crippen LogP contribution in [0.5, 0.6) is 0 Å². The van der Waals surface area contributed by atoms with E-state index in [1.165, 1.54) is 0 Å². The van der Waals surface area contributed by atoms with Crippen LogP contribution in [0.2, 0.25) is 0 Å². The second kappa shape index (κ2) is 7.43. The molecule has 3 nitrogen and oxygen atoms in total. The maximum Gasteiger partial charge on any atom is 0.225 e. The fourth-order valence-electron chi connectivity index (χ4n) is 1.28. The number of rotatable bonds is 7. The molecule has 0 aliphatic carbocycles. The van der Waals surface area contributed by atoms with Crippen molar-refractivity contribution in [2.75, 3.05) is 13.2 Å². The van der Waals surface area contributed by atoms with Gasteiger partial charge in [0.05, 0.1) is 6.42 Å². The van der Waals surface area contributed by atoms with Gasteiger partial charge in [0.1, 0.15) is 0 Å². The fourth-order valence-corrected chi connectivity index (χ4v) is 1.98. The summed E-state index contributed by atoms with van der Waals surface area (Å²) in [5.74, 6) is 0.0847.